The summed E-state index contributed by atoms with van der Waals surface area (Å²) >= 11 is 0. The number of benzene rings is 2. The summed E-state index contributed by atoms with van der Waals surface area (Å²) in [6, 6.07) is 14.9. The molecule has 7 heteroatoms. The summed E-state index contributed by atoms with van der Waals surface area (Å²) in [4.78, 5) is 2.65. The molecule has 1 atom stereocenters. The fraction of sp³-hybridized carbons (Fsp3) is 0.381. The largest absolute Gasteiger partial charge is 0.356 e. The number of para-hydroxylation sites is 1. The first-order valence-electron chi connectivity index (χ1n) is 9.66. The highest BCUT2D eigenvalue weighted by Gasteiger charge is 2.27. The Balaban J connectivity index is 1.28. The van der Waals surface area contributed by atoms with E-state index in [1.54, 1.807) is 18.2 Å². The van der Waals surface area contributed by atoms with E-state index in [-0.39, 0.29) is 6.04 Å². The van der Waals surface area contributed by atoms with Gasteiger partial charge in [0.15, 0.2) is 5.58 Å². The van der Waals surface area contributed by atoms with Gasteiger partial charge in [-0.15, -0.1) is 0 Å². The van der Waals surface area contributed by atoms with E-state index in [2.05, 4.69) is 14.8 Å². The topological polar surface area (TPSA) is 75.4 Å². The van der Waals surface area contributed by atoms with Gasteiger partial charge in [-0.25, -0.2) is 13.1 Å². The number of likely N-dealkylation sites (tertiary alicyclic amines) is 1. The first kappa shape index (κ1) is 19.1. The van der Waals surface area contributed by atoms with Crippen molar-refractivity contribution in [3.63, 3.8) is 0 Å². The molecule has 1 aromatic heterocycles. The van der Waals surface area contributed by atoms with Crippen LogP contribution in [-0.2, 0) is 16.4 Å². The van der Waals surface area contributed by atoms with Gasteiger partial charge in [-0.3, -0.25) is 0 Å². The van der Waals surface area contributed by atoms with Crippen molar-refractivity contribution >= 4 is 21.0 Å². The number of fused-ring (bicyclic) bond motifs is 1. The van der Waals surface area contributed by atoms with E-state index < -0.39 is 10.0 Å². The van der Waals surface area contributed by atoms with Crippen LogP contribution < -0.4 is 4.72 Å². The molecule has 1 fully saturated rings. The minimum absolute atomic E-state index is 0.0432. The summed E-state index contributed by atoms with van der Waals surface area (Å²) in [6.07, 6.45) is 2.65. The fourth-order valence-corrected chi connectivity index (χ4v) is 5.16. The first-order chi connectivity index (χ1) is 13.5. The van der Waals surface area contributed by atoms with E-state index in [4.69, 9.17) is 4.52 Å². The van der Waals surface area contributed by atoms with Gasteiger partial charge in [0.25, 0.3) is 0 Å². The number of aryl methyl sites for hydroxylation is 2. The molecular weight excluding hydrogens is 374 g/mol. The van der Waals surface area contributed by atoms with Gasteiger partial charge in [0, 0.05) is 18.0 Å². The van der Waals surface area contributed by atoms with Crippen molar-refractivity contribution in [2.24, 2.45) is 0 Å². The van der Waals surface area contributed by atoms with Gasteiger partial charge in [0.1, 0.15) is 0 Å². The normalized spacial score (nSPS) is 18.1. The van der Waals surface area contributed by atoms with Crippen LogP contribution in [0.3, 0.4) is 0 Å². The maximum absolute atomic E-state index is 12.6. The van der Waals surface area contributed by atoms with Crippen molar-refractivity contribution in [2.45, 2.75) is 37.1 Å². The van der Waals surface area contributed by atoms with Crippen LogP contribution in [0.15, 0.2) is 57.9 Å². The van der Waals surface area contributed by atoms with Gasteiger partial charge in [-0.2, -0.15) is 0 Å². The number of nitrogens with zero attached hydrogens (tertiary/aromatic N) is 2. The Bertz CT molecular complexity index is 1060. The third-order valence-corrected chi connectivity index (χ3v) is 6.75. The summed E-state index contributed by atoms with van der Waals surface area (Å²) in [6.45, 7) is 4.46. The van der Waals surface area contributed by atoms with Crippen molar-refractivity contribution in [3.05, 3.63) is 59.8 Å². The SMILES string of the molecule is Cc1cccc(S(=O)(=O)N[C@@H]2CCN(CCCc3noc4ccccc34)C2)c1. The number of rotatable bonds is 7. The van der Waals surface area contributed by atoms with Gasteiger partial charge in [-0.1, -0.05) is 29.4 Å². The Hall–Kier alpha value is -2.22. The summed E-state index contributed by atoms with van der Waals surface area (Å²) in [5.41, 5.74) is 2.76. The second-order valence-corrected chi connectivity index (χ2v) is 9.17. The third-order valence-electron chi connectivity index (χ3n) is 5.23. The molecular formula is C21H25N3O3S. The number of sulfonamides is 1. The summed E-state index contributed by atoms with van der Waals surface area (Å²) in [5, 5.41) is 5.25. The van der Waals surface area contributed by atoms with E-state index in [1.165, 1.54) is 0 Å². The van der Waals surface area contributed by atoms with Crippen molar-refractivity contribution < 1.29 is 12.9 Å². The zero-order chi connectivity index (χ0) is 19.6. The molecule has 0 amide bonds. The van der Waals surface area contributed by atoms with Crippen LogP contribution in [0.5, 0.6) is 0 Å². The fourth-order valence-electron chi connectivity index (χ4n) is 3.79. The second-order valence-electron chi connectivity index (χ2n) is 7.45. The molecule has 0 spiro atoms. The molecule has 1 saturated heterocycles. The summed E-state index contributed by atoms with van der Waals surface area (Å²) < 4.78 is 33.4. The molecule has 0 saturated carbocycles. The van der Waals surface area contributed by atoms with Crippen LogP contribution in [0.25, 0.3) is 11.0 Å². The minimum atomic E-state index is -3.47. The maximum atomic E-state index is 12.6. The van der Waals surface area contributed by atoms with Gasteiger partial charge in [0.05, 0.1) is 10.6 Å². The molecule has 2 heterocycles. The molecule has 148 valence electrons. The predicted octanol–water partition coefficient (Wildman–Crippen LogP) is 3.12. The van der Waals surface area contributed by atoms with Crippen LogP contribution >= 0.6 is 0 Å². The first-order valence-corrected chi connectivity index (χ1v) is 11.1. The molecule has 0 aliphatic carbocycles. The number of hydrogen-bond donors (Lipinski definition) is 1. The highest BCUT2D eigenvalue weighted by Crippen LogP contribution is 2.20. The lowest BCUT2D eigenvalue weighted by Gasteiger charge is -2.16. The van der Waals surface area contributed by atoms with Gasteiger partial charge in [-0.05, 0) is 69.1 Å². The predicted molar refractivity (Wildman–Crippen MR) is 109 cm³/mol. The van der Waals surface area contributed by atoms with Crippen LogP contribution in [0, 0.1) is 6.92 Å². The molecule has 3 aromatic rings. The molecule has 2 aromatic carbocycles. The Morgan fingerprint density at radius 2 is 2.07 bits per heavy atom. The van der Waals surface area contributed by atoms with Crippen LogP contribution in [0.1, 0.15) is 24.1 Å². The molecule has 28 heavy (non-hydrogen) atoms. The summed E-state index contributed by atoms with van der Waals surface area (Å²) in [5.74, 6) is 0. The van der Waals surface area contributed by atoms with Gasteiger partial charge in [0.2, 0.25) is 10.0 Å². The average molecular weight is 400 g/mol. The Labute approximate surface area is 165 Å². The van der Waals surface area contributed by atoms with Crippen LogP contribution in [0.4, 0.5) is 0 Å². The van der Waals surface area contributed by atoms with Crippen molar-refractivity contribution in [2.75, 3.05) is 19.6 Å². The highest BCUT2D eigenvalue weighted by atomic mass is 32.2. The molecule has 0 bridgehead atoms. The Morgan fingerprint density at radius 1 is 1.21 bits per heavy atom. The van der Waals surface area contributed by atoms with Crippen LogP contribution in [0.2, 0.25) is 0 Å². The van der Waals surface area contributed by atoms with E-state index in [1.807, 2.05) is 37.3 Å². The Kier molecular flexibility index (Phi) is 5.48. The zero-order valence-electron chi connectivity index (χ0n) is 16.0. The monoisotopic (exact) mass is 399 g/mol. The van der Waals surface area contributed by atoms with Gasteiger partial charge >= 0.3 is 0 Å². The quantitative estimate of drug-likeness (QED) is 0.661. The van der Waals surface area contributed by atoms with E-state index >= 15 is 0 Å². The molecule has 0 unspecified atom stereocenters. The smallest absolute Gasteiger partial charge is 0.240 e. The zero-order valence-corrected chi connectivity index (χ0v) is 16.8. The third kappa shape index (κ3) is 4.27. The molecule has 1 N–H and O–H groups in total. The number of aromatic nitrogens is 1. The number of nitrogens with one attached hydrogen (secondary N) is 1. The lowest BCUT2D eigenvalue weighted by molar-refractivity contribution is 0.326. The van der Waals surface area contributed by atoms with E-state index in [0.29, 0.717) is 4.90 Å². The molecule has 4 rings (SSSR count). The summed E-state index contributed by atoms with van der Waals surface area (Å²) in [7, 11) is -3.47. The van der Waals surface area contributed by atoms with E-state index in [0.717, 1.165) is 61.1 Å². The molecule has 1 aliphatic rings. The molecule has 6 nitrogen and oxygen atoms in total. The van der Waals surface area contributed by atoms with Crippen molar-refractivity contribution in [3.8, 4) is 0 Å². The average Bonchev–Trinajstić information content (AvgIpc) is 3.29. The van der Waals surface area contributed by atoms with Crippen LogP contribution in [-0.4, -0.2) is 44.2 Å². The van der Waals surface area contributed by atoms with Gasteiger partial charge < -0.3 is 9.42 Å². The molecule has 1 aliphatic heterocycles. The Morgan fingerprint density at radius 3 is 2.93 bits per heavy atom. The minimum Gasteiger partial charge on any atom is -0.356 e. The second kappa shape index (κ2) is 8.03. The van der Waals surface area contributed by atoms with E-state index in [9.17, 15) is 8.42 Å². The lowest BCUT2D eigenvalue weighted by Crippen LogP contribution is -2.37. The standard InChI is InChI=1S/C21H25N3O3S/c1-16-6-4-7-18(14-16)28(25,26)23-17-11-13-24(15-17)12-5-9-20-19-8-2-3-10-21(19)27-22-20/h2-4,6-8,10,14,17,23H,5,9,11-13,15H2,1H3/t17-/m1/s1. The number of hydrogen-bond acceptors (Lipinski definition) is 5. The highest BCUT2D eigenvalue weighted by molar-refractivity contribution is 7.89. The molecule has 0 radical (unpaired) electrons. The van der Waals surface area contributed by atoms with Crippen molar-refractivity contribution in [1.29, 1.82) is 0 Å². The maximum Gasteiger partial charge on any atom is 0.240 e. The van der Waals surface area contributed by atoms with Crippen molar-refractivity contribution in [1.82, 2.24) is 14.8 Å². The lowest BCUT2D eigenvalue weighted by atomic mass is 10.1.